The first-order chi connectivity index (χ1) is 8.00. The van der Waals surface area contributed by atoms with Crippen molar-refractivity contribution in [3.8, 4) is 5.75 Å². The van der Waals surface area contributed by atoms with Crippen molar-refractivity contribution in [2.24, 2.45) is 0 Å². The van der Waals surface area contributed by atoms with Crippen molar-refractivity contribution < 1.29 is 13.5 Å². The predicted molar refractivity (Wildman–Crippen MR) is 64.7 cm³/mol. The molecule has 0 atom stereocenters. The zero-order valence-electron chi connectivity index (χ0n) is 9.29. The van der Waals surface area contributed by atoms with Crippen LogP contribution in [0, 0.1) is 6.92 Å². The van der Waals surface area contributed by atoms with Crippen molar-refractivity contribution in [1.29, 1.82) is 0 Å². The Morgan fingerprint density at radius 2 is 1.59 bits per heavy atom. The number of aryl methyl sites for hydroxylation is 1. The number of rotatable bonds is 2. The number of benzene rings is 2. The quantitative estimate of drug-likeness (QED) is 0.888. The third kappa shape index (κ3) is 2.31. The van der Waals surface area contributed by atoms with Crippen LogP contribution in [0.15, 0.2) is 58.3 Å². The molecule has 0 heterocycles. The van der Waals surface area contributed by atoms with Gasteiger partial charge < -0.3 is 5.11 Å². The number of hydrogen-bond acceptors (Lipinski definition) is 3. The van der Waals surface area contributed by atoms with E-state index >= 15 is 0 Å². The van der Waals surface area contributed by atoms with Gasteiger partial charge in [-0.05, 0) is 37.3 Å². The van der Waals surface area contributed by atoms with Gasteiger partial charge in [-0.25, -0.2) is 8.42 Å². The molecule has 0 fully saturated rings. The Labute approximate surface area is 100 Å². The van der Waals surface area contributed by atoms with Crippen LogP contribution in [0.25, 0.3) is 0 Å². The van der Waals surface area contributed by atoms with Gasteiger partial charge in [-0.2, -0.15) is 0 Å². The second-order valence-electron chi connectivity index (χ2n) is 3.81. The Bertz CT molecular complexity index is 628. The molecule has 2 aromatic rings. The van der Waals surface area contributed by atoms with E-state index < -0.39 is 9.84 Å². The molecular formula is C13H12O3S. The molecule has 88 valence electrons. The molecule has 4 heteroatoms. The molecule has 0 spiro atoms. The Morgan fingerprint density at radius 3 is 2.18 bits per heavy atom. The van der Waals surface area contributed by atoms with Crippen molar-refractivity contribution >= 4 is 9.84 Å². The van der Waals surface area contributed by atoms with E-state index in [1.54, 1.807) is 24.3 Å². The number of phenolic OH excluding ortho intramolecular Hbond substituents is 1. The Kier molecular flexibility index (Phi) is 2.90. The third-order valence-corrected chi connectivity index (χ3v) is 4.23. The number of phenols is 1. The van der Waals surface area contributed by atoms with E-state index in [-0.39, 0.29) is 15.5 Å². The summed E-state index contributed by atoms with van der Waals surface area (Å²) in [5.41, 5.74) is 1.000. The van der Waals surface area contributed by atoms with E-state index in [0.29, 0.717) is 0 Å². The molecule has 0 radical (unpaired) electrons. The number of sulfone groups is 1. The van der Waals surface area contributed by atoms with Crippen LogP contribution < -0.4 is 0 Å². The smallest absolute Gasteiger partial charge is 0.206 e. The van der Waals surface area contributed by atoms with Gasteiger partial charge in [0.05, 0.1) is 9.79 Å². The summed E-state index contributed by atoms with van der Waals surface area (Å²) in [4.78, 5) is 0.329. The Hall–Kier alpha value is -1.81. The predicted octanol–water partition coefficient (Wildman–Crippen LogP) is 2.53. The minimum atomic E-state index is -3.54. The summed E-state index contributed by atoms with van der Waals surface area (Å²) in [6.07, 6.45) is 0. The zero-order chi connectivity index (χ0) is 12.5. The monoisotopic (exact) mass is 248 g/mol. The topological polar surface area (TPSA) is 54.4 Å². The number of hydrogen-bond donors (Lipinski definition) is 1. The fraction of sp³-hybridized carbons (Fsp3) is 0.0769. The first kappa shape index (κ1) is 11.7. The molecule has 0 aliphatic carbocycles. The average molecular weight is 248 g/mol. The Balaban J connectivity index is 2.54. The summed E-state index contributed by atoms with van der Waals surface area (Å²) in [7, 11) is -3.54. The minimum Gasteiger partial charge on any atom is -0.508 e. The molecule has 0 bridgehead atoms. The van der Waals surface area contributed by atoms with Gasteiger partial charge in [0.1, 0.15) is 5.75 Å². The lowest BCUT2D eigenvalue weighted by atomic mass is 10.2. The molecule has 17 heavy (non-hydrogen) atoms. The van der Waals surface area contributed by atoms with Crippen molar-refractivity contribution in [2.75, 3.05) is 0 Å². The first-order valence-electron chi connectivity index (χ1n) is 5.11. The van der Waals surface area contributed by atoms with Crippen LogP contribution >= 0.6 is 0 Å². The van der Waals surface area contributed by atoms with E-state index in [9.17, 15) is 13.5 Å². The van der Waals surface area contributed by atoms with Crippen molar-refractivity contribution in [3.05, 3.63) is 54.1 Å². The van der Waals surface area contributed by atoms with Crippen molar-refractivity contribution in [1.82, 2.24) is 0 Å². The van der Waals surface area contributed by atoms with E-state index in [0.717, 1.165) is 5.56 Å². The van der Waals surface area contributed by atoms with Crippen LogP contribution in [0.5, 0.6) is 5.75 Å². The molecule has 0 saturated heterocycles. The zero-order valence-corrected chi connectivity index (χ0v) is 10.1. The van der Waals surface area contributed by atoms with Crippen LogP contribution in [0.4, 0.5) is 0 Å². The largest absolute Gasteiger partial charge is 0.508 e. The van der Waals surface area contributed by atoms with E-state index in [2.05, 4.69) is 0 Å². The van der Waals surface area contributed by atoms with Crippen LogP contribution in [0.1, 0.15) is 5.56 Å². The van der Waals surface area contributed by atoms with Gasteiger partial charge in [0.2, 0.25) is 9.84 Å². The Morgan fingerprint density at radius 1 is 0.941 bits per heavy atom. The second-order valence-corrected chi connectivity index (χ2v) is 5.76. The van der Waals surface area contributed by atoms with Gasteiger partial charge in [-0.15, -0.1) is 0 Å². The fourth-order valence-electron chi connectivity index (χ4n) is 1.50. The molecular weight excluding hydrogens is 236 g/mol. The lowest BCUT2D eigenvalue weighted by molar-refractivity contribution is 0.473. The van der Waals surface area contributed by atoms with Crippen LogP contribution in [-0.4, -0.2) is 13.5 Å². The SMILES string of the molecule is Cc1ccc(S(=O)(=O)c2cccc(O)c2)cc1. The molecule has 3 nitrogen and oxygen atoms in total. The van der Waals surface area contributed by atoms with Gasteiger partial charge in [-0.1, -0.05) is 23.8 Å². The molecule has 0 aliphatic rings. The molecule has 0 saturated carbocycles. The maximum absolute atomic E-state index is 12.2. The maximum Gasteiger partial charge on any atom is 0.206 e. The van der Waals surface area contributed by atoms with Gasteiger partial charge >= 0.3 is 0 Å². The summed E-state index contributed by atoms with van der Waals surface area (Å²) < 4.78 is 24.4. The van der Waals surface area contributed by atoms with Gasteiger partial charge in [0, 0.05) is 0 Å². The summed E-state index contributed by atoms with van der Waals surface area (Å²) in [6.45, 7) is 1.89. The highest BCUT2D eigenvalue weighted by Gasteiger charge is 2.17. The van der Waals surface area contributed by atoms with Gasteiger partial charge in [0.25, 0.3) is 0 Å². The third-order valence-electron chi connectivity index (χ3n) is 2.46. The molecule has 0 unspecified atom stereocenters. The average Bonchev–Trinajstić information content (AvgIpc) is 2.29. The summed E-state index contributed by atoms with van der Waals surface area (Å²) in [6, 6.07) is 12.3. The molecule has 0 amide bonds. The summed E-state index contributed by atoms with van der Waals surface area (Å²) in [5.74, 6) is -0.0572. The maximum atomic E-state index is 12.2. The van der Waals surface area contributed by atoms with Crippen LogP contribution in [0.2, 0.25) is 0 Å². The lowest BCUT2D eigenvalue weighted by Crippen LogP contribution is -2.01. The molecule has 0 aliphatic heterocycles. The minimum absolute atomic E-state index is 0.0572. The van der Waals surface area contributed by atoms with Crippen molar-refractivity contribution in [2.45, 2.75) is 16.7 Å². The van der Waals surface area contributed by atoms with E-state index in [1.807, 2.05) is 6.92 Å². The highest BCUT2D eigenvalue weighted by atomic mass is 32.2. The first-order valence-corrected chi connectivity index (χ1v) is 6.59. The van der Waals surface area contributed by atoms with Crippen molar-refractivity contribution in [3.63, 3.8) is 0 Å². The van der Waals surface area contributed by atoms with E-state index in [1.165, 1.54) is 24.3 Å². The highest BCUT2D eigenvalue weighted by Crippen LogP contribution is 2.23. The molecule has 2 aromatic carbocycles. The van der Waals surface area contributed by atoms with Crippen LogP contribution in [0.3, 0.4) is 0 Å². The number of aromatic hydroxyl groups is 1. The standard InChI is InChI=1S/C13H12O3S/c1-10-5-7-12(8-6-10)17(15,16)13-4-2-3-11(14)9-13/h2-9,14H,1H3. The molecule has 1 N–H and O–H groups in total. The fourth-order valence-corrected chi connectivity index (χ4v) is 2.80. The summed E-state index contributed by atoms with van der Waals surface area (Å²) in [5, 5.41) is 9.30. The molecule has 2 rings (SSSR count). The van der Waals surface area contributed by atoms with Gasteiger partial charge in [0.15, 0.2) is 0 Å². The normalized spacial score (nSPS) is 11.4. The van der Waals surface area contributed by atoms with Crippen LogP contribution in [-0.2, 0) is 9.84 Å². The summed E-state index contributed by atoms with van der Waals surface area (Å²) >= 11 is 0. The lowest BCUT2D eigenvalue weighted by Gasteiger charge is -2.05. The highest BCUT2D eigenvalue weighted by molar-refractivity contribution is 7.91. The molecule has 0 aromatic heterocycles. The second kappa shape index (κ2) is 4.22. The van der Waals surface area contributed by atoms with E-state index in [4.69, 9.17) is 0 Å². The van der Waals surface area contributed by atoms with Gasteiger partial charge in [-0.3, -0.25) is 0 Å².